The Bertz CT molecular complexity index is 736. The second kappa shape index (κ2) is 6.14. The number of methoxy groups -OCH3 is 1. The van der Waals surface area contributed by atoms with Gasteiger partial charge in [0.05, 0.1) is 6.10 Å². The van der Waals surface area contributed by atoms with Crippen molar-refractivity contribution in [2.75, 3.05) is 26.8 Å². The summed E-state index contributed by atoms with van der Waals surface area (Å²) in [5.74, 6) is -0.177. The molecule has 2 aliphatic heterocycles. The lowest BCUT2D eigenvalue weighted by molar-refractivity contribution is -0.145. The number of halogens is 1. The zero-order chi connectivity index (χ0) is 16.7. The van der Waals surface area contributed by atoms with Crippen LogP contribution in [0.3, 0.4) is 0 Å². The molecule has 0 amide bonds. The van der Waals surface area contributed by atoms with Crippen LogP contribution in [0, 0.1) is 5.82 Å². The minimum Gasteiger partial charge on any atom is -0.378 e. The van der Waals surface area contributed by atoms with Gasteiger partial charge >= 0.3 is 0 Å². The molecule has 4 rings (SSSR count). The molecule has 3 heterocycles. The quantitative estimate of drug-likeness (QED) is 0.864. The molecule has 130 valence electrons. The lowest BCUT2D eigenvalue weighted by Gasteiger charge is -2.44. The highest BCUT2D eigenvalue weighted by molar-refractivity contribution is 5.84. The highest BCUT2D eigenvalue weighted by atomic mass is 19.1. The van der Waals surface area contributed by atoms with Gasteiger partial charge in [0.15, 0.2) is 0 Å². The summed E-state index contributed by atoms with van der Waals surface area (Å²) in [6.07, 6.45) is 5.45. The zero-order valence-corrected chi connectivity index (χ0v) is 14.4. The summed E-state index contributed by atoms with van der Waals surface area (Å²) in [6, 6.07) is 5.03. The fourth-order valence-electron chi connectivity index (χ4n) is 4.50. The smallest absolute Gasteiger partial charge is 0.123 e. The van der Waals surface area contributed by atoms with Crippen LogP contribution in [0.4, 0.5) is 4.39 Å². The summed E-state index contributed by atoms with van der Waals surface area (Å²) < 4.78 is 27.6. The third-order valence-corrected chi connectivity index (χ3v) is 5.63. The highest BCUT2D eigenvalue weighted by Gasteiger charge is 2.47. The molecule has 1 aromatic heterocycles. The molecule has 24 heavy (non-hydrogen) atoms. The number of likely N-dealkylation sites (tertiary alicyclic amines) is 1. The lowest BCUT2D eigenvalue weighted by Crippen LogP contribution is -2.56. The Balaban J connectivity index is 1.59. The highest BCUT2D eigenvalue weighted by Crippen LogP contribution is 2.37. The first-order valence-corrected chi connectivity index (χ1v) is 8.74. The van der Waals surface area contributed by atoms with Gasteiger partial charge in [-0.2, -0.15) is 0 Å². The second-order valence-corrected chi connectivity index (χ2v) is 7.17. The average molecular weight is 332 g/mol. The van der Waals surface area contributed by atoms with E-state index in [1.54, 1.807) is 13.2 Å². The maximum atomic E-state index is 13.7. The molecule has 4 nitrogen and oxygen atoms in total. The van der Waals surface area contributed by atoms with Gasteiger partial charge in [0.2, 0.25) is 0 Å². The molecular weight excluding hydrogens is 307 g/mol. The molecule has 2 atom stereocenters. The van der Waals surface area contributed by atoms with Gasteiger partial charge in [-0.25, -0.2) is 4.39 Å². The first-order valence-electron chi connectivity index (χ1n) is 8.74. The Morgan fingerprint density at radius 1 is 1.42 bits per heavy atom. The van der Waals surface area contributed by atoms with Crippen LogP contribution in [0.2, 0.25) is 0 Å². The molecule has 0 N–H and O–H groups in total. The molecule has 0 bridgehead atoms. The number of aromatic nitrogens is 1. The fourth-order valence-corrected chi connectivity index (χ4v) is 4.50. The van der Waals surface area contributed by atoms with Crippen molar-refractivity contribution in [2.45, 2.75) is 37.5 Å². The van der Waals surface area contributed by atoms with Crippen LogP contribution in [0.25, 0.3) is 10.9 Å². The minimum atomic E-state index is -0.177. The van der Waals surface area contributed by atoms with Crippen molar-refractivity contribution in [1.29, 1.82) is 0 Å². The van der Waals surface area contributed by atoms with Crippen molar-refractivity contribution in [3.8, 4) is 0 Å². The Labute approximate surface area is 142 Å². The number of hydrogen-bond donors (Lipinski definition) is 0. The Kier molecular flexibility index (Phi) is 4.11. The third kappa shape index (κ3) is 2.65. The maximum absolute atomic E-state index is 13.7. The van der Waals surface area contributed by atoms with Crippen molar-refractivity contribution in [1.82, 2.24) is 9.47 Å². The molecule has 2 aliphatic rings. The van der Waals surface area contributed by atoms with E-state index >= 15 is 0 Å². The van der Waals surface area contributed by atoms with Crippen molar-refractivity contribution >= 4 is 10.9 Å². The van der Waals surface area contributed by atoms with Gasteiger partial charge < -0.3 is 14.0 Å². The van der Waals surface area contributed by atoms with Gasteiger partial charge in [0, 0.05) is 57.5 Å². The second-order valence-electron chi connectivity index (χ2n) is 7.17. The molecule has 0 unspecified atom stereocenters. The number of nitrogens with zero attached hydrogens (tertiary/aromatic N) is 2. The zero-order valence-electron chi connectivity index (χ0n) is 14.4. The van der Waals surface area contributed by atoms with Crippen LogP contribution >= 0.6 is 0 Å². The maximum Gasteiger partial charge on any atom is 0.123 e. The van der Waals surface area contributed by atoms with E-state index in [4.69, 9.17) is 9.47 Å². The standard InChI is InChI=1S/C19H25FN2O2/c1-21-11-14(16-10-15(20)4-5-17(16)21)12-22-8-6-18(23-2)19(13-22)7-3-9-24-19/h4-5,10-11,18H,3,6-9,12-13H2,1-2H3/t18-,19-/m0/s1. The SMILES string of the molecule is CO[C@H]1CCN(Cc2cn(C)c3ccc(F)cc23)C[C@@]12CCCO2. The van der Waals surface area contributed by atoms with Crippen molar-refractivity contribution in [2.24, 2.45) is 7.05 Å². The summed E-state index contributed by atoms with van der Waals surface area (Å²) in [4.78, 5) is 2.43. The van der Waals surface area contributed by atoms with Gasteiger partial charge in [-0.05, 0) is 43.0 Å². The normalized spacial score (nSPS) is 28.2. The summed E-state index contributed by atoms with van der Waals surface area (Å²) in [7, 11) is 3.81. The Morgan fingerprint density at radius 2 is 2.29 bits per heavy atom. The van der Waals surface area contributed by atoms with Crippen molar-refractivity contribution < 1.29 is 13.9 Å². The van der Waals surface area contributed by atoms with Gasteiger partial charge in [-0.1, -0.05) is 0 Å². The summed E-state index contributed by atoms with van der Waals surface area (Å²) >= 11 is 0. The number of hydrogen-bond acceptors (Lipinski definition) is 3. The van der Waals surface area contributed by atoms with E-state index in [9.17, 15) is 4.39 Å². The van der Waals surface area contributed by atoms with Gasteiger partial charge in [-0.15, -0.1) is 0 Å². The average Bonchev–Trinajstić information content (AvgIpc) is 3.14. The number of aryl methyl sites for hydroxylation is 1. The topological polar surface area (TPSA) is 26.6 Å². The number of piperidine rings is 1. The summed E-state index contributed by atoms with van der Waals surface area (Å²) in [5, 5.41) is 1.01. The van der Waals surface area contributed by atoms with Crippen molar-refractivity contribution in [3.05, 3.63) is 35.8 Å². The number of rotatable bonds is 3. The van der Waals surface area contributed by atoms with Gasteiger partial charge in [0.25, 0.3) is 0 Å². The van der Waals surface area contributed by atoms with Crippen LogP contribution in [-0.2, 0) is 23.1 Å². The Hall–Kier alpha value is -1.43. The molecule has 0 radical (unpaired) electrons. The molecule has 2 saturated heterocycles. The predicted octanol–water partition coefficient (Wildman–Crippen LogP) is 3.09. The molecule has 5 heteroatoms. The first-order chi connectivity index (χ1) is 11.6. The van der Waals surface area contributed by atoms with Crippen LogP contribution in [0.5, 0.6) is 0 Å². The van der Waals surface area contributed by atoms with Crippen LogP contribution in [-0.4, -0.2) is 48.0 Å². The molecule has 1 aromatic carbocycles. The Morgan fingerprint density at radius 3 is 3.04 bits per heavy atom. The molecular formula is C19H25FN2O2. The molecule has 2 fully saturated rings. The predicted molar refractivity (Wildman–Crippen MR) is 91.5 cm³/mol. The largest absolute Gasteiger partial charge is 0.378 e. The van der Waals surface area contributed by atoms with E-state index in [1.165, 1.54) is 11.6 Å². The van der Waals surface area contributed by atoms with Crippen LogP contribution in [0.1, 0.15) is 24.8 Å². The molecule has 0 saturated carbocycles. The van der Waals surface area contributed by atoms with E-state index in [0.29, 0.717) is 0 Å². The monoisotopic (exact) mass is 332 g/mol. The number of benzene rings is 1. The van der Waals surface area contributed by atoms with Crippen LogP contribution in [0.15, 0.2) is 24.4 Å². The minimum absolute atomic E-state index is 0.164. The fraction of sp³-hybridized carbons (Fsp3) is 0.579. The number of ether oxygens (including phenoxy) is 2. The van der Waals surface area contributed by atoms with Gasteiger partial charge in [-0.3, -0.25) is 4.90 Å². The van der Waals surface area contributed by atoms with E-state index in [0.717, 1.165) is 56.4 Å². The van der Waals surface area contributed by atoms with Crippen molar-refractivity contribution in [3.63, 3.8) is 0 Å². The molecule has 0 aliphatic carbocycles. The number of fused-ring (bicyclic) bond motifs is 1. The van der Waals surface area contributed by atoms with E-state index in [1.807, 2.05) is 13.1 Å². The van der Waals surface area contributed by atoms with E-state index in [2.05, 4.69) is 15.7 Å². The van der Waals surface area contributed by atoms with Gasteiger partial charge in [0.1, 0.15) is 11.4 Å². The first kappa shape index (κ1) is 16.1. The van der Waals surface area contributed by atoms with E-state index < -0.39 is 0 Å². The molecule has 1 spiro atoms. The third-order valence-electron chi connectivity index (χ3n) is 5.63. The summed E-state index contributed by atoms with van der Waals surface area (Å²) in [6.45, 7) is 3.52. The van der Waals surface area contributed by atoms with E-state index in [-0.39, 0.29) is 17.5 Å². The molecule has 2 aromatic rings. The van der Waals surface area contributed by atoms with Crippen LogP contribution < -0.4 is 0 Å². The summed E-state index contributed by atoms with van der Waals surface area (Å²) in [5.41, 5.74) is 2.09. The lowest BCUT2D eigenvalue weighted by atomic mass is 9.86.